The van der Waals surface area contributed by atoms with Gasteiger partial charge in [0.25, 0.3) is 0 Å². The van der Waals surface area contributed by atoms with Crippen LogP contribution in [0.2, 0.25) is 0 Å². The van der Waals surface area contributed by atoms with Crippen LogP contribution in [0.1, 0.15) is 31.7 Å². The molecule has 0 saturated carbocycles. The molecule has 4 heteroatoms. The Balaban J connectivity index is 0.00000200. The third-order valence-corrected chi connectivity index (χ3v) is 3.89. The minimum atomic E-state index is -0.288. The van der Waals surface area contributed by atoms with Gasteiger partial charge in [0, 0.05) is 19.6 Å². The monoisotopic (exact) mass is 275 g/mol. The zero-order valence-electron chi connectivity index (χ0n) is 12.2. The van der Waals surface area contributed by atoms with Crippen LogP contribution in [0, 0.1) is 11.3 Å². The molecule has 4 nitrogen and oxygen atoms in total. The minimum Gasteiger partial charge on any atom is -0.412 e. The molecule has 0 aliphatic carbocycles. The van der Waals surface area contributed by atoms with Crippen LogP contribution in [0.3, 0.4) is 0 Å². The van der Waals surface area contributed by atoms with E-state index in [0.29, 0.717) is 0 Å². The van der Waals surface area contributed by atoms with Crippen molar-refractivity contribution in [1.82, 2.24) is 10.2 Å². The number of piperidine rings is 1. The van der Waals surface area contributed by atoms with E-state index in [-0.39, 0.29) is 11.0 Å². The first kappa shape index (κ1) is 16.6. The van der Waals surface area contributed by atoms with Crippen LogP contribution < -0.4 is 5.32 Å². The summed E-state index contributed by atoms with van der Waals surface area (Å²) in [7, 11) is 0. The van der Waals surface area contributed by atoms with Crippen molar-refractivity contribution in [2.45, 2.75) is 38.3 Å². The third-order valence-electron chi connectivity index (χ3n) is 3.89. The van der Waals surface area contributed by atoms with Gasteiger partial charge in [-0.3, -0.25) is 10.2 Å². The van der Waals surface area contributed by atoms with Crippen LogP contribution >= 0.6 is 0 Å². The van der Waals surface area contributed by atoms with Gasteiger partial charge in [-0.25, -0.2) is 0 Å². The lowest BCUT2D eigenvalue weighted by atomic mass is 9.88. The van der Waals surface area contributed by atoms with E-state index in [0.717, 1.165) is 45.4 Å². The van der Waals surface area contributed by atoms with Crippen LogP contribution in [0.25, 0.3) is 0 Å². The van der Waals surface area contributed by atoms with Crippen molar-refractivity contribution < 1.29 is 5.48 Å². The number of benzene rings is 1. The molecule has 1 aromatic carbocycles. The van der Waals surface area contributed by atoms with Crippen molar-refractivity contribution in [1.29, 1.82) is 5.26 Å². The summed E-state index contributed by atoms with van der Waals surface area (Å²) >= 11 is 0. The average Bonchev–Trinajstić information content (AvgIpc) is 2.48. The van der Waals surface area contributed by atoms with Gasteiger partial charge in [-0.1, -0.05) is 37.3 Å². The fourth-order valence-electron chi connectivity index (χ4n) is 2.63. The molecule has 0 atom stereocenters. The Labute approximate surface area is 121 Å². The number of nitrogens with zero attached hydrogens (tertiary/aromatic N) is 2. The van der Waals surface area contributed by atoms with Gasteiger partial charge in [0.15, 0.2) is 0 Å². The number of likely N-dealkylation sites (tertiary alicyclic amines) is 1. The lowest BCUT2D eigenvalue weighted by molar-refractivity contribution is 0.160. The highest BCUT2D eigenvalue weighted by atomic mass is 16.0. The van der Waals surface area contributed by atoms with Gasteiger partial charge in [-0.15, -0.1) is 0 Å². The van der Waals surface area contributed by atoms with Gasteiger partial charge >= 0.3 is 0 Å². The maximum absolute atomic E-state index is 9.41. The van der Waals surface area contributed by atoms with Gasteiger partial charge in [0.2, 0.25) is 0 Å². The third kappa shape index (κ3) is 4.31. The number of hydrogen-bond donors (Lipinski definition) is 1. The highest BCUT2D eigenvalue weighted by Crippen LogP contribution is 2.22. The second-order valence-electron chi connectivity index (χ2n) is 5.38. The molecule has 110 valence electrons. The molecule has 0 bridgehead atoms. The molecular formula is C16H25N3O. The summed E-state index contributed by atoms with van der Waals surface area (Å²) < 4.78 is 0. The van der Waals surface area contributed by atoms with Crippen molar-refractivity contribution in [2.24, 2.45) is 0 Å². The van der Waals surface area contributed by atoms with Gasteiger partial charge in [0.1, 0.15) is 5.54 Å². The van der Waals surface area contributed by atoms with Crippen LogP contribution in [0.15, 0.2) is 30.3 Å². The van der Waals surface area contributed by atoms with Gasteiger partial charge in [-0.05, 0) is 31.4 Å². The standard InChI is InChI=1S/C16H23N3.H2O/c1-2-10-18-16(14-17)8-11-19(12-9-16)13-15-6-4-3-5-7-15;/h3-7,18H,2,8-13H2,1H3;1H2. The summed E-state index contributed by atoms with van der Waals surface area (Å²) in [6.07, 6.45) is 2.93. The first-order valence-electron chi connectivity index (χ1n) is 7.20. The number of rotatable bonds is 5. The highest BCUT2D eigenvalue weighted by Gasteiger charge is 2.33. The Kier molecular flexibility index (Phi) is 6.66. The lowest BCUT2D eigenvalue weighted by Gasteiger charge is -2.38. The first-order valence-corrected chi connectivity index (χ1v) is 7.20. The second kappa shape index (κ2) is 8.01. The Bertz CT molecular complexity index is 419. The van der Waals surface area contributed by atoms with E-state index in [4.69, 9.17) is 0 Å². The summed E-state index contributed by atoms with van der Waals surface area (Å²) in [5.74, 6) is 0. The molecule has 1 fully saturated rings. The van der Waals surface area contributed by atoms with E-state index in [2.05, 4.69) is 53.5 Å². The van der Waals surface area contributed by atoms with Crippen LogP contribution in [0.4, 0.5) is 0 Å². The van der Waals surface area contributed by atoms with Crippen LogP contribution in [-0.4, -0.2) is 35.5 Å². The molecule has 3 N–H and O–H groups in total. The van der Waals surface area contributed by atoms with Crippen molar-refractivity contribution in [3.63, 3.8) is 0 Å². The Morgan fingerprint density at radius 2 is 1.90 bits per heavy atom. The Morgan fingerprint density at radius 3 is 2.45 bits per heavy atom. The van der Waals surface area contributed by atoms with Gasteiger partial charge < -0.3 is 5.48 Å². The van der Waals surface area contributed by atoms with Crippen molar-refractivity contribution in [2.75, 3.05) is 19.6 Å². The molecule has 1 aromatic rings. The fourth-order valence-corrected chi connectivity index (χ4v) is 2.63. The molecule has 0 unspecified atom stereocenters. The van der Waals surface area contributed by atoms with E-state index in [1.165, 1.54) is 5.56 Å². The summed E-state index contributed by atoms with van der Waals surface area (Å²) in [5.41, 5.74) is 1.07. The largest absolute Gasteiger partial charge is 0.412 e. The Hall–Kier alpha value is -1.41. The normalized spacial score (nSPS) is 18.0. The van der Waals surface area contributed by atoms with Gasteiger partial charge in [0.05, 0.1) is 6.07 Å². The van der Waals surface area contributed by atoms with E-state index in [9.17, 15) is 5.26 Å². The number of nitriles is 1. The minimum absolute atomic E-state index is 0. The molecule has 1 saturated heterocycles. The molecule has 2 rings (SSSR count). The summed E-state index contributed by atoms with van der Waals surface area (Å²) in [6.45, 7) is 6.07. The van der Waals surface area contributed by atoms with Crippen molar-refractivity contribution in [3.8, 4) is 6.07 Å². The molecule has 0 amide bonds. The maximum atomic E-state index is 9.41. The molecule has 0 spiro atoms. The summed E-state index contributed by atoms with van der Waals surface area (Å²) in [5, 5.41) is 12.8. The molecule has 20 heavy (non-hydrogen) atoms. The Morgan fingerprint density at radius 1 is 1.25 bits per heavy atom. The van der Waals surface area contributed by atoms with Crippen LogP contribution in [0.5, 0.6) is 0 Å². The molecule has 1 aliphatic rings. The molecular weight excluding hydrogens is 250 g/mol. The summed E-state index contributed by atoms with van der Waals surface area (Å²) in [4.78, 5) is 2.44. The zero-order valence-corrected chi connectivity index (χ0v) is 12.2. The zero-order chi connectivity index (χ0) is 13.6. The van der Waals surface area contributed by atoms with E-state index in [1.54, 1.807) is 0 Å². The average molecular weight is 275 g/mol. The predicted octanol–water partition coefficient (Wildman–Crippen LogP) is 1.72. The lowest BCUT2D eigenvalue weighted by Crippen LogP contribution is -2.52. The second-order valence-corrected chi connectivity index (χ2v) is 5.38. The first-order chi connectivity index (χ1) is 9.28. The van der Waals surface area contributed by atoms with Gasteiger partial charge in [-0.2, -0.15) is 5.26 Å². The van der Waals surface area contributed by atoms with E-state index in [1.807, 2.05) is 0 Å². The summed E-state index contributed by atoms with van der Waals surface area (Å²) in [6, 6.07) is 13.1. The molecule has 0 aromatic heterocycles. The number of hydrogen-bond acceptors (Lipinski definition) is 3. The predicted molar refractivity (Wildman–Crippen MR) is 81.2 cm³/mol. The van der Waals surface area contributed by atoms with Crippen LogP contribution in [-0.2, 0) is 6.54 Å². The SMILES string of the molecule is CCCNC1(C#N)CCN(Cc2ccccc2)CC1.O. The topological polar surface area (TPSA) is 70.6 Å². The van der Waals surface area contributed by atoms with Crippen molar-refractivity contribution >= 4 is 0 Å². The smallest absolute Gasteiger partial charge is 0.109 e. The molecule has 0 radical (unpaired) electrons. The molecule has 1 heterocycles. The maximum Gasteiger partial charge on any atom is 0.109 e. The fraction of sp³-hybridized carbons (Fsp3) is 0.562. The van der Waals surface area contributed by atoms with E-state index < -0.39 is 0 Å². The van der Waals surface area contributed by atoms with E-state index >= 15 is 0 Å². The molecule has 1 aliphatic heterocycles. The quantitative estimate of drug-likeness (QED) is 0.889. The van der Waals surface area contributed by atoms with Crippen molar-refractivity contribution in [3.05, 3.63) is 35.9 Å². The highest BCUT2D eigenvalue weighted by molar-refractivity contribution is 5.15. The number of nitrogens with one attached hydrogen (secondary N) is 1.